The largest absolute Gasteiger partial charge is 0.433 e. The van der Waals surface area contributed by atoms with E-state index in [0.29, 0.717) is 5.16 Å². The Kier molecular flexibility index (Phi) is 3.55. The van der Waals surface area contributed by atoms with E-state index in [9.17, 15) is 13.2 Å². The van der Waals surface area contributed by atoms with Gasteiger partial charge >= 0.3 is 6.18 Å². The van der Waals surface area contributed by atoms with E-state index in [-0.39, 0.29) is 11.0 Å². The normalized spacial score (nSPS) is 11.6. The Hall–Kier alpha value is -1.91. The first-order valence-corrected chi connectivity index (χ1v) is 5.76. The molecule has 0 aliphatic rings. The van der Waals surface area contributed by atoms with Gasteiger partial charge in [0.15, 0.2) is 5.69 Å². The number of tetrazole rings is 1. The number of rotatable bonds is 3. The van der Waals surface area contributed by atoms with E-state index < -0.39 is 11.9 Å². The minimum absolute atomic E-state index is 0.101. The summed E-state index contributed by atoms with van der Waals surface area (Å²) in [6, 6.07) is 0.847. The van der Waals surface area contributed by atoms with Crippen molar-refractivity contribution < 1.29 is 13.2 Å². The number of hydrogen-bond donors (Lipinski definition) is 1. The average Bonchev–Trinajstić information content (AvgIpc) is 2.73. The summed E-state index contributed by atoms with van der Waals surface area (Å²) >= 11 is 0.916. The maximum atomic E-state index is 12.7. The number of nitrogens with zero attached hydrogens (tertiary/aromatic N) is 6. The Balaban J connectivity index is 2.37. The lowest BCUT2D eigenvalue weighted by Gasteiger charge is -2.09. The van der Waals surface area contributed by atoms with Gasteiger partial charge in [-0.2, -0.15) is 13.2 Å². The molecule has 2 heterocycles. The minimum atomic E-state index is -4.54. The van der Waals surface area contributed by atoms with Gasteiger partial charge in [0.25, 0.3) is 0 Å². The molecule has 11 heteroatoms. The molecular formula is C8H8F3N7S. The molecule has 19 heavy (non-hydrogen) atoms. The maximum absolute atomic E-state index is 12.7. The number of aryl methyl sites for hydroxylation is 1. The smallest absolute Gasteiger partial charge is 0.357 e. The summed E-state index contributed by atoms with van der Waals surface area (Å²) in [4.78, 5) is 7.27. The first kappa shape index (κ1) is 13.5. The molecule has 0 fully saturated rings. The number of hydrogen-bond acceptors (Lipinski definition) is 7. The Morgan fingerprint density at radius 2 is 2.05 bits per heavy atom. The highest BCUT2D eigenvalue weighted by molar-refractivity contribution is 7.99. The van der Waals surface area contributed by atoms with Gasteiger partial charge in [0.1, 0.15) is 5.03 Å². The number of nitrogens with one attached hydrogen (secondary N) is 1. The van der Waals surface area contributed by atoms with Crippen molar-refractivity contribution in [2.75, 3.05) is 12.4 Å². The Bertz CT molecular complexity index is 582. The zero-order valence-corrected chi connectivity index (χ0v) is 10.6. The van der Waals surface area contributed by atoms with Crippen LogP contribution in [0.1, 0.15) is 5.69 Å². The van der Waals surface area contributed by atoms with Gasteiger partial charge in [0, 0.05) is 20.2 Å². The first-order valence-electron chi connectivity index (χ1n) is 4.94. The summed E-state index contributed by atoms with van der Waals surface area (Å²) in [5, 5.41) is 13.5. The number of halogens is 3. The molecular weight excluding hydrogens is 283 g/mol. The fraction of sp³-hybridized carbons (Fsp3) is 0.375. The van der Waals surface area contributed by atoms with Gasteiger partial charge < -0.3 is 5.32 Å². The molecule has 7 nitrogen and oxygen atoms in total. The summed E-state index contributed by atoms with van der Waals surface area (Å²) in [6.07, 6.45) is -4.54. The fourth-order valence-corrected chi connectivity index (χ4v) is 1.87. The van der Waals surface area contributed by atoms with Crippen LogP contribution in [0.4, 0.5) is 19.1 Å². The van der Waals surface area contributed by atoms with Gasteiger partial charge in [-0.1, -0.05) is 0 Å². The molecule has 0 spiro atoms. The lowest BCUT2D eigenvalue weighted by molar-refractivity contribution is -0.141. The van der Waals surface area contributed by atoms with E-state index in [1.165, 1.54) is 11.7 Å². The Labute approximate surface area is 109 Å². The molecule has 0 saturated carbocycles. The van der Waals surface area contributed by atoms with E-state index in [0.717, 1.165) is 17.8 Å². The highest BCUT2D eigenvalue weighted by Gasteiger charge is 2.33. The topological polar surface area (TPSA) is 81.4 Å². The van der Waals surface area contributed by atoms with Gasteiger partial charge in [-0.3, -0.25) is 0 Å². The van der Waals surface area contributed by atoms with E-state index in [2.05, 4.69) is 30.8 Å². The first-order chi connectivity index (χ1) is 8.90. The lowest BCUT2D eigenvalue weighted by Crippen LogP contribution is -2.11. The molecule has 0 amide bonds. The van der Waals surface area contributed by atoms with Crippen LogP contribution in [-0.4, -0.2) is 37.2 Å². The second kappa shape index (κ2) is 4.99. The van der Waals surface area contributed by atoms with Crippen molar-refractivity contribution in [2.45, 2.75) is 16.4 Å². The summed E-state index contributed by atoms with van der Waals surface area (Å²) in [7, 11) is 3.01. The average molecular weight is 291 g/mol. The van der Waals surface area contributed by atoms with Crippen LogP contribution in [0.3, 0.4) is 0 Å². The van der Waals surface area contributed by atoms with Gasteiger partial charge in [0.05, 0.1) is 0 Å². The standard InChI is InChI=1S/C8H8F3N7S/c1-12-6-13-4(8(9,10)11)3-5(14-6)19-7-15-16-17-18(7)2/h3H,1-2H3,(H,12,13,14). The molecule has 1 N–H and O–H groups in total. The Morgan fingerprint density at radius 1 is 1.32 bits per heavy atom. The third-order valence-electron chi connectivity index (χ3n) is 1.99. The third-order valence-corrected chi connectivity index (χ3v) is 2.94. The van der Waals surface area contributed by atoms with E-state index in [1.807, 2.05) is 0 Å². The van der Waals surface area contributed by atoms with Gasteiger partial charge in [-0.05, 0) is 22.2 Å². The van der Waals surface area contributed by atoms with Crippen molar-refractivity contribution in [2.24, 2.45) is 7.05 Å². The van der Waals surface area contributed by atoms with E-state index in [4.69, 9.17) is 0 Å². The second-order valence-electron chi connectivity index (χ2n) is 3.35. The van der Waals surface area contributed by atoms with Crippen LogP contribution in [0.2, 0.25) is 0 Å². The van der Waals surface area contributed by atoms with Crippen LogP contribution in [0, 0.1) is 0 Å². The summed E-state index contributed by atoms with van der Waals surface area (Å²) in [5.74, 6) is -0.118. The summed E-state index contributed by atoms with van der Waals surface area (Å²) in [6.45, 7) is 0. The second-order valence-corrected chi connectivity index (χ2v) is 4.34. The SMILES string of the molecule is CNc1nc(Sc2nnnn2C)cc(C(F)(F)F)n1. The molecule has 0 unspecified atom stereocenters. The predicted molar refractivity (Wildman–Crippen MR) is 59.5 cm³/mol. The molecule has 0 aromatic carbocycles. The number of aromatic nitrogens is 6. The molecule has 2 rings (SSSR count). The van der Waals surface area contributed by atoms with Crippen LogP contribution in [0.25, 0.3) is 0 Å². The van der Waals surface area contributed by atoms with E-state index in [1.54, 1.807) is 7.05 Å². The molecule has 0 radical (unpaired) electrons. The monoisotopic (exact) mass is 291 g/mol. The zero-order chi connectivity index (χ0) is 14.0. The Morgan fingerprint density at radius 3 is 2.58 bits per heavy atom. The van der Waals surface area contributed by atoms with Crippen molar-refractivity contribution in [1.82, 2.24) is 30.2 Å². The highest BCUT2D eigenvalue weighted by Crippen LogP contribution is 2.32. The van der Waals surface area contributed by atoms with E-state index >= 15 is 0 Å². The van der Waals surface area contributed by atoms with Crippen molar-refractivity contribution in [1.29, 1.82) is 0 Å². The number of anilines is 1. The summed E-state index contributed by atoms with van der Waals surface area (Å²) in [5.41, 5.74) is -1.02. The summed E-state index contributed by atoms with van der Waals surface area (Å²) < 4.78 is 39.3. The minimum Gasteiger partial charge on any atom is -0.357 e. The predicted octanol–water partition coefficient (Wildman–Crippen LogP) is 1.21. The lowest BCUT2D eigenvalue weighted by atomic mass is 10.4. The molecule has 2 aromatic heterocycles. The molecule has 0 bridgehead atoms. The van der Waals surface area contributed by atoms with Crippen molar-refractivity contribution >= 4 is 17.7 Å². The van der Waals surface area contributed by atoms with Gasteiger partial charge in [-0.25, -0.2) is 14.6 Å². The third kappa shape index (κ3) is 3.10. The fourth-order valence-electron chi connectivity index (χ4n) is 1.14. The number of alkyl halides is 3. The quantitative estimate of drug-likeness (QED) is 0.851. The van der Waals surface area contributed by atoms with Crippen LogP contribution in [0.15, 0.2) is 16.2 Å². The molecule has 0 saturated heterocycles. The molecule has 0 aliphatic heterocycles. The van der Waals surface area contributed by atoms with Crippen LogP contribution in [0.5, 0.6) is 0 Å². The van der Waals surface area contributed by atoms with Crippen molar-refractivity contribution in [3.8, 4) is 0 Å². The van der Waals surface area contributed by atoms with Crippen LogP contribution >= 0.6 is 11.8 Å². The maximum Gasteiger partial charge on any atom is 0.433 e. The molecule has 0 atom stereocenters. The van der Waals surface area contributed by atoms with Crippen molar-refractivity contribution in [3.63, 3.8) is 0 Å². The van der Waals surface area contributed by atoms with Gasteiger partial charge in [0.2, 0.25) is 11.1 Å². The van der Waals surface area contributed by atoms with Crippen LogP contribution in [-0.2, 0) is 13.2 Å². The van der Waals surface area contributed by atoms with Gasteiger partial charge in [-0.15, -0.1) is 5.10 Å². The van der Waals surface area contributed by atoms with Crippen molar-refractivity contribution in [3.05, 3.63) is 11.8 Å². The zero-order valence-electron chi connectivity index (χ0n) is 9.80. The molecule has 102 valence electrons. The molecule has 0 aliphatic carbocycles. The molecule has 2 aromatic rings. The highest BCUT2D eigenvalue weighted by atomic mass is 32.2. The van der Waals surface area contributed by atoms with Crippen LogP contribution < -0.4 is 5.32 Å².